The van der Waals surface area contributed by atoms with Crippen molar-refractivity contribution in [3.8, 4) is 0 Å². The second kappa shape index (κ2) is 7.79. The van der Waals surface area contributed by atoms with Crippen LogP contribution in [0.5, 0.6) is 0 Å². The Morgan fingerprint density at radius 3 is 2.38 bits per heavy atom. The quantitative estimate of drug-likeness (QED) is 0.846. The van der Waals surface area contributed by atoms with Crippen molar-refractivity contribution in [2.75, 3.05) is 0 Å². The van der Waals surface area contributed by atoms with Crippen molar-refractivity contribution < 1.29 is 18.0 Å². The van der Waals surface area contributed by atoms with Crippen molar-refractivity contribution in [2.24, 2.45) is 5.92 Å². The van der Waals surface area contributed by atoms with Crippen LogP contribution in [0.1, 0.15) is 44.6 Å². The van der Waals surface area contributed by atoms with Crippen LogP contribution < -0.4 is 10.0 Å². The van der Waals surface area contributed by atoms with Gasteiger partial charge < -0.3 is 5.32 Å². The summed E-state index contributed by atoms with van der Waals surface area (Å²) in [5.74, 6) is -0.991. The molecule has 1 aliphatic rings. The molecule has 1 saturated carbocycles. The number of hydrogen-bond acceptors (Lipinski definition) is 4. The van der Waals surface area contributed by atoms with Crippen molar-refractivity contribution in [2.45, 2.75) is 56.9 Å². The van der Waals surface area contributed by atoms with Crippen molar-refractivity contribution in [3.05, 3.63) is 29.8 Å². The highest BCUT2D eigenvalue weighted by atomic mass is 32.2. The molecule has 7 heteroatoms. The first-order chi connectivity index (χ1) is 11.3. The fourth-order valence-electron chi connectivity index (χ4n) is 2.90. The molecule has 0 saturated heterocycles. The van der Waals surface area contributed by atoms with E-state index in [0.717, 1.165) is 32.1 Å². The molecule has 1 unspecified atom stereocenters. The Bertz CT molecular complexity index is 709. The van der Waals surface area contributed by atoms with Gasteiger partial charge in [-0.1, -0.05) is 37.5 Å². The molecule has 0 aliphatic heterocycles. The van der Waals surface area contributed by atoms with E-state index in [1.807, 2.05) is 4.72 Å². The molecule has 0 aromatic heterocycles. The fraction of sp³-hybridized carbons (Fsp3) is 0.529. The smallest absolute Gasteiger partial charge is 0.264 e. The predicted molar refractivity (Wildman–Crippen MR) is 90.7 cm³/mol. The average Bonchev–Trinajstić information content (AvgIpc) is 2.55. The largest absolute Gasteiger partial charge is 0.344 e. The van der Waals surface area contributed by atoms with Gasteiger partial charge in [-0.25, -0.2) is 13.1 Å². The summed E-state index contributed by atoms with van der Waals surface area (Å²) in [7, 11) is -3.95. The summed E-state index contributed by atoms with van der Waals surface area (Å²) in [4.78, 5) is 24.4. The summed E-state index contributed by atoms with van der Waals surface area (Å²) in [5.41, 5.74) is 0.552. The number of benzene rings is 1. The maximum atomic E-state index is 12.3. The number of carbonyl (C=O) groups is 2. The van der Waals surface area contributed by atoms with E-state index in [1.54, 1.807) is 25.1 Å². The molecule has 2 rings (SSSR count). The molecule has 24 heavy (non-hydrogen) atoms. The molecular formula is C17H24N2O4S. The number of nitrogens with one attached hydrogen (secondary N) is 2. The summed E-state index contributed by atoms with van der Waals surface area (Å²) >= 11 is 0. The Morgan fingerprint density at radius 2 is 1.75 bits per heavy atom. The van der Waals surface area contributed by atoms with E-state index >= 15 is 0 Å². The Morgan fingerprint density at radius 1 is 1.12 bits per heavy atom. The zero-order valence-corrected chi connectivity index (χ0v) is 14.9. The van der Waals surface area contributed by atoms with E-state index in [1.165, 1.54) is 13.0 Å². The molecule has 1 aliphatic carbocycles. The lowest BCUT2D eigenvalue weighted by Crippen LogP contribution is -2.48. The van der Waals surface area contributed by atoms with Gasteiger partial charge in [-0.15, -0.1) is 0 Å². The topological polar surface area (TPSA) is 92.3 Å². The first-order valence-electron chi connectivity index (χ1n) is 8.24. The molecule has 1 aromatic carbocycles. The first-order valence-corrected chi connectivity index (χ1v) is 9.72. The van der Waals surface area contributed by atoms with E-state index in [4.69, 9.17) is 0 Å². The van der Waals surface area contributed by atoms with E-state index in [2.05, 4.69) is 5.32 Å². The molecule has 2 N–H and O–H groups in total. The highest BCUT2D eigenvalue weighted by molar-refractivity contribution is 7.90. The van der Waals surface area contributed by atoms with Gasteiger partial charge in [0.15, 0.2) is 0 Å². The minimum atomic E-state index is -3.95. The highest BCUT2D eigenvalue weighted by Gasteiger charge is 2.27. The summed E-state index contributed by atoms with van der Waals surface area (Å²) in [6.07, 6.45) is 4.80. The summed E-state index contributed by atoms with van der Waals surface area (Å²) < 4.78 is 26.7. The zero-order valence-electron chi connectivity index (χ0n) is 14.0. The van der Waals surface area contributed by atoms with Gasteiger partial charge in [0.05, 0.1) is 4.90 Å². The van der Waals surface area contributed by atoms with Crippen molar-refractivity contribution >= 4 is 21.8 Å². The molecule has 0 bridgehead atoms. The number of amides is 2. The third-order valence-electron chi connectivity index (χ3n) is 4.35. The maximum Gasteiger partial charge on any atom is 0.264 e. The van der Waals surface area contributed by atoms with Gasteiger partial charge in [-0.2, -0.15) is 0 Å². The van der Waals surface area contributed by atoms with Gasteiger partial charge in [0.25, 0.3) is 15.9 Å². The molecule has 2 amide bonds. The standard InChI is InChI=1S/C17H24N2O4S/c1-12-8-6-7-11-15(12)24(22,23)19-16(20)13(2)18-17(21)14-9-4-3-5-10-14/h6-8,11,13-14H,3-5,9-10H2,1-2H3,(H,18,21)(H,19,20). The number of sulfonamides is 1. The van der Waals surface area contributed by atoms with Gasteiger partial charge in [-0.3, -0.25) is 9.59 Å². The monoisotopic (exact) mass is 352 g/mol. The average molecular weight is 352 g/mol. The second-order valence-corrected chi connectivity index (χ2v) is 7.95. The van der Waals surface area contributed by atoms with Crippen molar-refractivity contribution in [1.82, 2.24) is 10.0 Å². The van der Waals surface area contributed by atoms with E-state index in [0.29, 0.717) is 5.56 Å². The molecular weight excluding hydrogens is 328 g/mol. The number of aryl methyl sites for hydroxylation is 1. The lowest BCUT2D eigenvalue weighted by molar-refractivity contribution is -0.130. The predicted octanol–water partition coefficient (Wildman–Crippen LogP) is 1.88. The summed E-state index contributed by atoms with van der Waals surface area (Å²) in [5, 5.41) is 2.62. The van der Waals surface area contributed by atoms with Gasteiger partial charge in [-0.05, 0) is 38.3 Å². The minimum Gasteiger partial charge on any atom is -0.344 e. The summed E-state index contributed by atoms with van der Waals surface area (Å²) in [6, 6.07) is 5.52. The number of rotatable bonds is 5. The SMILES string of the molecule is Cc1ccccc1S(=O)(=O)NC(=O)C(C)NC(=O)C1CCCCC1. The molecule has 0 radical (unpaired) electrons. The molecule has 1 aromatic rings. The van der Waals surface area contributed by atoms with Crippen molar-refractivity contribution in [3.63, 3.8) is 0 Å². The Hall–Kier alpha value is -1.89. The van der Waals surface area contributed by atoms with Crippen LogP contribution in [-0.2, 0) is 19.6 Å². The minimum absolute atomic E-state index is 0.0594. The first kappa shape index (κ1) is 18.4. The third kappa shape index (κ3) is 4.56. The zero-order chi connectivity index (χ0) is 17.7. The normalized spacial score (nSPS) is 17.1. The molecule has 0 spiro atoms. The molecule has 132 valence electrons. The maximum absolute atomic E-state index is 12.3. The van der Waals surface area contributed by atoms with Gasteiger partial charge in [0.2, 0.25) is 5.91 Å². The van der Waals surface area contributed by atoms with Crippen LogP contribution in [0, 0.1) is 12.8 Å². The van der Waals surface area contributed by atoms with Crippen molar-refractivity contribution in [1.29, 1.82) is 0 Å². The van der Waals surface area contributed by atoms with Crippen LogP contribution in [0.4, 0.5) is 0 Å². The Labute approximate surface area is 143 Å². The summed E-state index contributed by atoms with van der Waals surface area (Å²) in [6.45, 7) is 3.15. The molecule has 0 heterocycles. The van der Waals surface area contributed by atoms with Gasteiger partial charge >= 0.3 is 0 Å². The Kier molecular flexibility index (Phi) is 5.99. The Balaban J connectivity index is 1.98. The molecule has 6 nitrogen and oxygen atoms in total. The fourth-order valence-corrected chi connectivity index (χ4v) is 4.20. The number of carbonyl (C=O) groups excluding carboxylic acids is 2. The third-order valence-corrected chi connectivity index (χ3v) is 5.85. The molecule has 1 fully saturated rings. The van der Waals surface area contributed by atoms with E-state index < -0.39 is 22.0 Å². The van der Waals surface area contributed by atoms with Crippen LogP contribution in [0.2, 0.25) is 0 Å². The van der Waals surface area contributed by atoms with Crippen LogP contribution in [0.3, 0.4) is 0 Å². The van der Waals surface area contributed by atoms with E-state index in [9.17, 15) is 18.0 Å². The lowest BCUT2D eigenvalue weighted by Gasteiger charge is -2.23. The van der Waals surface area contributed by atoms with Crippen LogP contribution in [-0.4, -0.2) is 26.3 Å². The lowest BCUT2D eigenvalue weighted by atomic mass is 9.88. The van der Waals surface area contributed by atoms with Gasteiger partial charge in [0.1, 0.15) is 6.04 Å². The second-order valence-electron chi connectivity index (χ2n) is 6.30. The highest BCUT2D eigenvalue weighted by Crippen LogP contribution is 2.23. The van der Waals surface area contributed by atoms with Crippen LogP contribution >= 0.6 is 0 Å². The van der Waals surface area contributed by atoms with Crippen LogP contribution in [0.25, 0.3) is 0 Å². The van der Waals surface area contributed by atoms with Gasteiger partial charge in [0, 0.05) is 5.92 Å². The molecule has 1 atom stereocenters. The number of hydrogen-bond donors (Lipinski definition) is 2. The van der Waals surface area contributed by atoms with E-state index in [-0.39, 0.29) is 16.7 Å². The van der Waals surface area contributed by atoms with Crippen LogP contribution in [0.15, 0.2) is 29.2 Å².